The molecule has 1 heterocycles. The largest absolute Gasteiger partial charge is 0.394 e. The molecule has 0 aromatic heterocycles. The summed E-state index contributed by atoms with van der Waals surface area (Å²) in [6.45, 7) is 5.13. The van der Waals surface area contributed by atoms with Crippen LogP contribution < -0.4 is 0 Å². The van der Waals surface area contributed by atoms with Crippen LogP contribution in [0.4, 0.5) is 0 Å². The Hall–Kier alpha value is -0.200. The molecule has 0 saturated carbocycles. The monoisotopic (exact) mass is 220 g/mol. The third-order valence-electron chi connectivity index (χ3n) is 2.61. The van der Waals surface area contributed by atoms with Crippen molar-refractivity contribution in [1.82, 2.24) is 0 Å². The van der Waals surface area contributed by atoms with Crippen LogP contribution in [0.1, 0.15) is 20.8 Å². The number of ether oxygens (including phenoxy) is 2. The van der Waals surface area contributed by atoms with Gasteiger partial charge in [-0.3, -0.25) is 0 Å². The minimum atomic E-state index is -1.01. The van der Waals surface area contributed by atoms with Crippen molar-refractivity contribution in [1.29, 1.82) is 0 Å². The molecule has 0 radical (unpaired) electrons. The summed E-state index contributed by atoms with van der Waals surface area (Å²) >= 11 is 0. The van der Waals surface area contributed by atoms with Crippen molar-refractivity contribution in [3.8, 4) is 0 Å². The van der Waals surface area contributed by atoms with Crippen molar-refractivity contribution < 1.29 is 24.8 Å². The molecule has 1 saturated heterocycles. The first-order chi connectivity index (χ1) is 6.97. The molecule has 0 aliphatic carbocycles. The van der Waals surface area contributed by atoms with E-state index < -0.39 is 24.6 Å². The van der Waals surface area contributed by atoms with Crippen LogP contribution in [0.3, 0.4) is 0 Å². The maximum absolute atomic E-state index is 9.84. The van der Waals surface area contributed by atoms with Crippen LogP contribution in [0.15, 0.2) is 0 Å². The van der Waals surface area contributed by atoms with Gasteiger partial charge in [-0.2, -0.15) is 0 Å². The van der Waals surface area contributed by atoms with E-state index in [4.69, 9.17) is 14.6 Å². The molecule has 15 heavy (non-hydrogen) atoms. The molecule has 1 fully saturated rings. The lowest BCUT2D eigenvalue weighted by molar-refractivity contribution is -0.279. The van der Waals surface area contributed by atoms with Crippen LogP contribution in [0.25, 0.3) is 0 Å². The second-order valence-corrected chi connectivity index (χ2v) is 4.25. The maximum atomic E-state index is 9.84. The van der Waals surface area contributed by atoms with E-state index in [0.29, 0.717) is 0 Å². The first-order valence-corrected chi connectivity index (χ1v) is 5.25. The summed E-state index contributed by atoms with van der Waals surface area (Å²) < 4.78 is 10.6. The van der Waals surface area contributed by atoms with Gasteiger partial charge in [0.05, 0.1) is 18.8 Å². The first kappa shape index (κ1) is 12.9. The number of rotatable bonds is 3. The predicted molar refractivity (Wildman–Crippen MR) is 53.1 cm³/mol. The topological polar surface area (TPSA) is 79.2 Å². The van der Waals surface area contributed by atoms with Gasteiger partial charge in [-0.15, -0.1) is 0 Å². The van der Waals surface area contributed by atoms with E-state index in [1.165, 1.54) is 0 Å². The van der Waals surface area contributed by atoms with Crippen LogP contribution in [-0.4, -0.2) is 52.6 Å². The van der Waals surface area contributed by atoms with Crippen LogP contribution >= 0.6 is 0 Å². The molecule has 0 aromatic rings. The van der Waals surface area contributed by atoms with E-state index in [-0.39, 0.29) is 18.6 Å². The fourth-order valence-corrected chi connectivity index (χ4v) is 1.74. The first-order valence-electron chi connectivity index (χ1n) is 5.25. The van der Waals surface area contributed by atoms with Crippen LogP contribution in [0.2, 0.25) is 0 Å². The Kier molecular flexibility index (Phi) is 4.48. The zero-order chi connectivity index (χ0) is 11.6. The van der Waals surface area contributed by atoms with Crippen LogP contribution in [0.5, 0.6) is 0 Å². The van der Waals surface area contributed by atoms with E-state index >= 15 is 0 Å². The number of aliphatic hydroxyl groups excluding tert-OH is 3. The lowest BCUT2D eigenvalue weighted by Crippen LogP contribution is -2.56. The average molecular weight is 220 g/mol. The highest BCUT2D eigenvalue weighted by Gasteiger charge is 2.43. The fraction of sp³-hybridized carbons (Fsp3) is 1.00. The fourth-order valence-electron chi connectivity index (χ4n) is 1.74. The van der Waals surface area contributed by atoms with Crippen LogP contribution in [0, 0.1) is 5.92 Å². The van der Waals surface area contributed by atoms with Crippen molar-refractivity contribution in [3.63, 3.8) is 0 Å². The van der Waals surface area contributed by atoms with E-state index in [0.717, 1.165) is 0 Å². The summed E-state index contributed by atoms with van der Waals surface area (Å²) in [5.74, 6) is -0.315. The summed E-state index contributed by atoms with van der Waals surface area (Å²) in [4.78, 5) is 0. The standard InChI is InChI=1S/C10H20O5/c1-5(2)14-9-6(3)10(13)15-7(4-11)8(9)12/h5-13H,4H2,1-3H3/t6-,7-,8-,9-,10+/m1/s1. The molecule has 0 spiro atoms. The molecule has 3 N–H and O–H groups in total. The number of aliphatic hydroxyl groups is 3. The molecule has 1 aliphatic rings. The summed E-state index contributed by atoms with van der Waals surface area (Å²) in [6, 6.07) is 0. The lowest BCUT2D eigenvalue weighted by Gasteiger charge is -2.41. The minimum Gasteiger partial charge on any atom is -0.394 e. The summed E-state index contributed by atoms with van der Waals surface area (Å²) in [7, 11) is 0. The van der Waals surface area contributed by atoms with Gasteiger partial charge in [-0.1, -0.05) is 6.92 Å². The van der Waals surface area contributed by atoms with Gasteiger partial charge in [0.2, 0.25) is 0 Å². The Bertz CT molecular complexity index is 196. The predicted octanol–water partition coefficient (Wildman–Crippen LogP) is -0.514. The molecule has 1 rings (SSSR count). The van der Waals surface area contributed by atoms with Crippen LogP contribution in [-0.2, 0) is 9.47 Å². The molecule has 1 aliphatic heterocycles. The Balaban J connectivity index is 2.70. The minimum absolute atomic E-state index is 0.0447. The Morgan fingerprint density at radius 1 is 1.33 bits per heavy atom. The smallest absolute Gasteiger partial charge is 0.160 e. The van der Waals surface area contributed by atoms with Crippen molar-refractivity contribution in [2.24, 2.45) is 5.92 Å². The molecule has 5 nitrogen and oxygen atoms in total. The van der Waals surface area contributed by atoms with E-state index in [9.17, 15) is 10.2 Å². The average Bonchev–Trinajstić information content (AvgIpc) is 2.18. The highest BCUT2D eigenvalue weighted by Crippen LogP contribution is 2.27. The van der Waals surface area contributed by atoms with Gasteiger partial charge >= 0.3 is 0 Å². The van der Waals surface area contributed by atoms with Crippen molar-refractivity contribution >= 4 is 0 Å². The molecule has 0 amide bonds. The number of hydrogen-bond donors (Lipinski definition) is 3. The zero-order valence-electron chi connectivity index (χ0n) is 9.33. The second kappa shape index (κ2) is 5.23. The van der Waals surface area contributed by atoms with Gasteiger partial charge in [0.15, 0.2) is 6.29 Å². The molecular weight excluding hydrogens is 200 g/mol. The normalized spacial score (nSPS) is 42.2. The molecule has 5 atom stereocenters. The highest BCUT2D eigenvalue weighted by atomic mass is 16.6. The summed E-state index contributed by atoms with van der Waals surface area (Å²) in [5.41, 5.74) is 0. The SMILES string of the molecule is CC(C)O[C@@H]1[C@@H](C)[C@@H](O)O[C@H](CO)[C@H]1O. The Morgan fingerprint density at radius 3 is 2.40 bits per heavy atom. The van der Waals surface area contributed by atoms with E-state index in [2.05, 4.69) is 0 Å². The molecule has 90 valence electrons. The molecule has 0 unspecified atom stereocenters. The summed E-state index contributed by atoms with van der Waals surface area (Å²) in [6.07, 6.45) is -3.24. The van der Waals surface area contributed by atoms with Gasteiger partial charge in [0, 0.05) is 5.92 Å². The third kappa shape index (κ3) is 2.89. The second-order valence-electron chi connectivity index (χ2n) is 4.25. The quantitative estimate of drug-likeness (QED) is 0.597. The molecular formula is C10H20O5. The highest BCUT2D eigenvalue weighted by molar-refractivity contribution is 4.87. The van der Waals surface area contributed by atoms with Crippen molar-refractivity contribution in [3.05, 3.63) is 0 Å². The van der Waals surface area contributed by atoms with Gasteiger partial charge in [-0.05, 0) is 13.8 Å². The van der Waals surface area contributed by atoms with E-state index in [1.807, 2.05) is 13.8 Å². The lowest BCUT2D eigenvalue weighted by atomic mass is 9.92. The van der Waals surface area contributed by atoms with Gasteiger partial charge < -0.3 is 24.8 Å². The van der Waals surface area contributed by atoms with Gasteiger partial charge in [-0.25, -0.2) is 0 Å². The van der Waals surface area contributed by atoms with E-state index in [1.54, 1.807) is 6.92 Å². The third-order valence-corrected chi connectivity index (χ3v) is 2.61. The molecule has 5 heteroatoms. The molecule has 0 bridgehead atoms. The maximum Gasteiger partial charge on any atom is 0.160 e. The van der Waals surface area contributed by atoms with Gasteiger partial charge in [0.1, 0.15) is 12.2 Å². The Morgan fingerprint density at radius 2 is 1.93 bits per heavy atom. The van der Waals surface area contributed by atoms with Crippen molar-refractivity contribution in [2.75, 3.05) is 6.61 Å². The number of hydrogen-bond acceptors (Lipinski definition) is 5. The van der Waals surface area contributed by atoms with Crippen molar-refractivity contribution in [2.45, 2.75) is 51.5 Å². The zero-order valence-corrected chi connectivity index (χ0v) is 9.33. The van der Waals surface area contributed by atoms with Gasteiger partial charge in [0.25, 0.3) is 0 Å². The Labute approximate surface area is 89.6 Å². The summed E-state index contributed by atoms with van der Waals surface area (Å²) in [5, 5.41) is 28.4. The molecule has 0 aromatic carbocycles.